The van der Waals surface area contributed by atoms with Crippen molar-refractivity contribution in [3.63, 3.8) is 0 Å². The number of nitrogens with zero attached hydrogens (tertiary/aromatic N) is 3. The van der Waals surface area contributed by atoms with Gasteiger partial charge in [0, 0.05) is 31.2 Å². The van der Waals surface area contributed by atoms with E-state index in [-0.39, 0.29) is 0 Å². The summed E-state index contributed by atoms with van der Waals surface area (Å²) in [7, 11) is -1.70. The van der Waals surface area contributed by atoms with E-state index in [1.807, 2.05) is 77.5 Å². The average molecular weight is 454 g/mol. The summed E-state index contributed by atoms with van der Waals surface area (Å²) in [5.74, 6) is 2.94. The zero-order valence-corrected chi connectivity index (χ0v) is 18.3. The molecule has 2 aliphatic heterocycles. The third kappa shape index (κ3) is 4.39. The molecule has 0 bridgehead atoms. The lowest BCUT2D eigenvalue weighted by molar-refractivity contribution is 0.244. The molecular formula is C23H21ClN3O3P. The lowest BCUT2D eigenvalue weighted by Crippen LogP contribution is -2.47. The molecule has 0 aliphatic carbocycles. The molecule has 1 N–H and O–H groups in total. The first-order valence-electron chi connectivity index (χ1n) is 10.0. The molecule has 6 nitrogen and oxygen atoms in total. The first-order valence-corrected chi connectivity index (χ1v) is 11.6. The van der Waals surface area contributed by atoms with Crippen LogP contribution < -0.4 is 9.26 Å². The molecule has 1 unspecified atom stereocenters. The molecule has 31 heavy (non-hydrogen) atoms. The standard InChI is InChI=1S/C23H21ClN3O3P/c24-17-10-11-21-19(16-17)23(25-20-8-4-5-9-22(20)29-21)26-12-14-27(15-13-26)31(28)30-18-6-2-1-3-7-18/h1-11,16,28H,12-15H2. The van der Waals surface area contributed by atoms with Gasteiger partial charge in [0.25, 0.3) is 0 Å². The summed E-state index contributed by atoms with van der Waals surface area (Å²) >= 11 is 6.30. The molecule has 8 heteroatoms. The Kier molecular flexibility index (Phi) is 5.79. The number of rotatable bonds is 3. The van der Waals surface area contributed by atoms with Crippen molar-refractivity contribution in [2.75, 3.05) is 26.2 Å². The Hall–Kier alpha value is -2.63. The van der Waals surface area contributed by atoms with Gasteiger partial charge < -0.3 is 19.1 Å². The highest BCUT2D eigenvalue weighted by Gasteiger charge is 2.29. The van der Waals surface area contributed by atoms with Crippen LogP contribution >= 0.6 is 20.1 Å². The quantitative estimate of drug-likeness (QED) is 0.535. The summed E-state index contributed by atoms with van der Waals surface area (Å²) in [6.07, 6.45) is 0. The van der Waals surface area contributed by atoms with E-state index >= 15 is 0 Å². The van der Waals surface area contributed by atoms with Crippen molar-refractivity contribution in [3.8, 4) is 17.2 Å². The average Bonchev–Trinajstić information content (AvgIpc) is 2.96. The fraction of sp³-hybridized carbons (Fsp3) is 0.174. The Morgan fingerprint density at radius 3 is 2.45 bits per heavy atom. The zero-order valence-electron chi connectivity index (χ0n) is 16.7. The van der Waals surface area contributed by atoms with E-state index in [9.17, 15) is 4.89 Å². The number of fused-ring (bicyclic) bond motifs is 2. The molecule has 0 saturated carbocycles. The molecule has 2 aliphatic rings. The van der Waals surface area contributed by atoms with E-state index in [4.69, 9.17) is 25.9 Å². The predicted molar refractivity (Wildman–Crippen MR) is 124 cm³/mol. The van der Waals surface area contributed by atoms with E-state index < -0.39 is 8.53 Å². The maximum absolute atomic E-state index is 10.6. The monoisotopic (exact) mass is 453 g/mol. The van der Waals surface area contributed by atoms with Crippen molar-refractivity contribution in [2.24, 2.45) is 4.99 Å². The Morgan fingerprint density at radius 1 is 0.903 bits per heavy atom. The van der Waals surface area contributed by atoms with Gasteiger partial charge in [0.05, 0.1) is 5.56 Å². The number of ether oxygens (including phenoxy) is 1. The minimum atomic E-state index is -1.70. The van der Waals surface area contributed by atoms with Crippen molar-refractivity contribution in [1.82, 2.24) is 9.57 Å². The van der Waals surface area contributed by atoms with Gasteiger partial charge in [-0.15, -0.1) is 0 Å². The summed E-state index contributed by atoms with van der Waals surface area (Å²) in [5.41, 5.74) is 1.65. The van der Waals surface area contributed by atoms with Crippen molar-refractivity contribution < 1.29 is 14.2 Å². The van der Waals surface area contributed by atoms with Crippen molar-refractivity contribution in [3.05, 3.63) is 83.4 Å². The van der Waals surface area contributed by atoms with Gasteiger partial charge >= 0.3 is 8.53 Å². The van der Waals surface area contributed by atoms with Gasteiger partial charge in [-0.25, -0.2) is 9.66 Å². The zero-order chi connectivity index (χ0) is 21.2. The van der Waals surface area contributed by atoms with Gasteiger partial charge in [0.2, 0.25) is 0 Å². The first kappa shape index (κ1) is 20.3. The third-order valence-electron chi connectivity index (χ3n) is 5.22. The van der Waals surface area contributed by atoms with Crippen LogP contribution in [0.2, 0.25) is 5.02 Å². The number of piperazine rings is 1. The molecule has 0 spiro atoms. The maximum atomic E-state index is 10.6. The molecular weight excluding hydrogens is 433 g/mol. The second kappa shape index (κ2) is 8.85. The van der Waals surface area contributed by atoms with Gasteiger partial charge in [-0.1, -0.05) is 41.9 Å². The summed E-state index contributed by atoms with van der Waals surface area (Å²) in [5, 5.41) is 0.634. The molecule has 5 rings (SSSR count). The van der Waals surface area contributed by atoms with Crippen LogP contribution in [0.3, 0.4) is 0 Å². The maximum Gasteiger partial charge on any atom is 0.318 e. The van der Waals surface area contributed by atoms with E-state index in [0.29, 0.717) is 37.0 Å². The van der Waals surface area contributed by atoms with Crippen LogP contribution in [0.4, 0.5) is 5.69 Å². The molecule has 0 amide bonds. The molecule has 1 fully saturated rings. The van der Waals surface area contributed by atoms with E-state index in [1.54, 1.807) is 0 Å². The molecule has 1 saturated heterocycles. The largest absolute Gasteiger partial charge is 0.454 e. The fourth-order valence-corrected chi connectivity index (χ4v) is 4.77. The topological polar surface area (TPSA) is 57.5 Å². The molecule has 3 aromatic carbocycles. The number of benzene rings is 3. The number of hydrogen-bond donors (Lipinski definition) is 1. The molecule has 0 radical (unpaired) electrons. The van der Waals surface area contributed by atoms with Crippen molar-refractivity contribution in [2.45, 2.75) is 0 Å². The van der Waals surface area contributed by atoms with Crippen LogP contribution in [0.5, 0.6) is 17.2 Å². The van der Waals surface area contributed by atoms with Crippen LogP contribution in [0.15, 0.2) is 77.8 Å². The second-order valence-electron chi connectivity index (χ2n) is 7.24. The number of amidine groups is 1. The van der Waals surface area contributed by atoms with E-state index in [2.05, 4.69) is 4.90 Å². The normalized spacial score (nSPS) is 17.0. The van der Waals surface area contributed by atoms with Crippen LogP contribution in [0, 0.1) is 0 Å². The predicted octanol–water partition coefficient (Wildman–Crippen LogP) is 5.44. The summed E-state index contributed by atoms with van der Waals surface area (Å²) in [6.45, 7) is 2.72. The molecule has 0 aromatic heterocycles. The van der Waals surface area contributed by atoms with Crippen molar-refractivity contribution >= 4 is 31.7 Å². The molecule has 1 atom stereocenters. The minimum absolute atomic E-state index is 0.634. The first-order chi connectivity index (χ1) is 15.2. The summed E-state index contributed by atoms with van der Waals surface area (Å²) in [6, 6.07) is 22.7. The van der Waals surface area contributed by atoms with Crippen LogP contribution in [0.25, 0.3) is 0 Å². The smallest absolute Gasteiger partial charge is 0.318 e. The Labute approximate surface area is 187 Å². The lowest BCUT2D eigenvalue weighted by Gasteiger charge is -2.37. The van der Waals surface area contributed by atoms with Gasteiger partial charge in [-0.2, -0.15) is 0 Å². The van der Waals surface area contributed by atoms with Gasteiger partial charge in [0.1, 0.15) is 23.0 Å². The fourth-order valence-electron chi connectivity index (χ4n) is 3.65. The molecule has 158 valence electrons. The Morgan fingerprint density at radius 2 is 1.65 bits per heavy atom. The number of hydrogen-bond acceptors (Lipinski definition) is 6. The van der Waals surface area contributed by atoms with Crippen LogP contribution in [0.1, 0.15) is 5.56 Å². The van der Waals surface area contributed by atoms with E-state index in [1.165, 1.54) is 0 Å². The van der Waals surface area contributed by atoms with Crippen molar-refractivity contribution in [1.29, 1.82) is 0 Å². The van der Waals surface area contributed by atoms with Gasteiger partial charge in [-0.3, -0.25) is 0 Å². The van der Waals surface area contributed by atoms with E-state index in [0.717, 1.165) is 28.6 Å². The Balaban J connectivity index is 1.37. The van der Waals surface area contributed by atoms with Crippen LogP contribution in [-0.4, -0.2) is 46.5 Å². The van der Waals surface area contributed by atoms with Gasteiger partial charge in [0.15, 0.2) is 5.75 Å². The Bertz CT molecular complexity index is 1100. The number of halogens is 1. The van der Waals surface area contributed by atoms with Gasteiger partial charge in [-0.05, 0) is 42.5 Å². The summed E-state index contributed by atoms with van der Waals surface area (Å²) < 4.78 is 13.8. The van der Waals surface area contributed by atoms with Crippen LogP contribution in [-0.2, 0) is 0 Å². The third-order valence-corrected chi connectivity index (χ3v) is 6.71. The lowest BCUT2D eigenvalue weighted by atomic mass is 10.1. The number of para-hydroxylation sites is 3. The number of aliphatic imine (C=N–C) groups is 1. The SMILES string of the molecule is OP(Oc1ccccc1)N1CCN(C2=Nc3ccccc3Oc3ccc(Cl)cc32)CC1. The summed E-state index contributed by atoms with van der Waals surface area (Å²) in [4.78, 5) is 17.7. The second-order valence-corrected chi connectivity index (χ2v) is 8.93. The highest BCUT2D eigenvalue weighted by Crippen LogP contribution is 2.41. The highest BCUT2D eigenvalue weighted by molar-refractivity contribution is 7.43. The highest BCUT2D eigenvalue weighted by atomic mass is 35.5. The minimum Gasteiger partial charge on any atom is -0.454 e. The molecule has 3 aromatic rings. The molecule has 2 heterocycles.